The Kier molecular flexibility index (Phi) is 45.3. The molecule has 9 atom stereocenters. The van der Waals surface area contributed by atoms with Crippen LogP contribution < -0.4 is 5.32 Å². The third-order valence-corrected chi connectivity index (χ3v) is 13.8. The Bertz CT molecular complexity index is 1280. The van der Waals surface area contributed by atoms with E-state index in [4.69, 9.17) is 9.47 Å². The van der Waals surface area contributed by atoms with Crippen molar-refractivity contribution in [1.82, 2.24) is 5.32 Å². The molecular formula is C59H109NO10. The maximum absolute atomic E-state index is 13.2. The summed E-state index contributed by atoms with van der Waals surface area (Å²) in [5.41, 5.74) is 0. The van der Waals surface area contributed by atoms with Gasteiger partial charge in [0.1, 0.15) is 36.6 Å². The average Bonchev–Trinajstić information content (AvgIpc) is 3.36. The van der Waals surface area contributed by atoms with Crippen molar-refractivity contribution in [3.63, 3.8) is 0 Å². The van der Waals surface area contributed by atoms with Gasteiger partial charge in [-0.05, 0) is 83.5 Å². The minimum Gasteiger partial charge on any atom is -0.394 e. The van der Waals surface area contributed by atoms with Crippen molar-refractivity contribution < 1.29 is 50.0 Å². The second-order valence-electron chi connectivity index (χ2n) is 20.3. The number of aliphatic hydroxyl groups excluding tert-OH is 7. The van der Waals surface area contributed by atoms with E-state index in [1.165, 1.54) is 154 Å². The van der Waals surface area contributed by atoms with Gasteiger partial charge in [0.2, 0.25) is 5.91 Å². The van der Waals surface area contributed by atoms with Crippen LogP contribution in [0.2, 0.25) is 0 Å². The highest BCUT2D eigenvalue weighted by atomic mass is 16.7. The molecule has 0 aliphatic carbocycles. The maximum Gasteiger partial charge on any atom is 0.249 e. The highest BCUT2D eigenvalue weighted by molar-refractivity contribution is 5.80. The lowest BCUT2D eigenvalue weighted by atomic mass is 9.98. The molecule has 0 aromatic carbocycles. The van der Waals surface area contributed by atoms with Crippen molar-refractivity contribution in [3.8, 4) is 0 Å². The van der Waals surface area contributed by atoms with Crippen LogP contribution in [0.5, 0.6) is 0 Å². The largest absolute Gasteiger partial charge is 0.394 e. The summed E-state index contributed by atoms with van der Waals surface area (Å²) in [5, 5.41) is 76.1. The number of aliphatic hydroxyl groups is 7. The third-order valence-electron chi connectivity index (χ3n) is 13.8. The van der Waals surface area contributed by atoms with Gasteiger partial charge >= 0.3 is 0 Å². The van der Waals surface area contributed by atoms with E-state index >= 15 is 0 Å². The van der Waals surface area contributed by atoms with Crippen LogP contribution in [-0.2, 0) is 14.3 Å². The smallest absolute Gasteiger partial charge is 0.249 e. The van der Waals surface area contributed by atoms with Gasteiger partial charge < -0.3 is 50.5 Å². The third kappa shape index (κ3) is 36.1. The van der Waals surface area contributed by atoms with E-state index in [-0.39, 0.29) is 12.8 Å². The summed E-state index contributed by atoms with van der Waals surface area (Å²) in [5.74, 6) is -0.713. The standard InChI is InChI=1S/C59H109NO10/c1-3-5-7-9-11-13-15-17-19-21-22-23-24-25-26-27-28-29-31-33-35-37-39-41-43-45-47-52(63)58(68)60-50(49-69-59-57(67)56(66)55(65)53(48-61)70-59)54(64)51(62)46-44-42-40-38-36-34-32-30-20-18-16-14-12-10-8-6-4-2/h22-23,25-26,30,32,38,40,50-57,59,61-67H,3-21,24,27-29,31,33-37,39,41-49H2,1-2H3,(H,60,68)/b23-22-,26-25-,32-30+,40-38+. The molecular weight excluding hydrogens is 883 g/mol. The monoisotopic (exact) mass is 992 g/mol. The Hall–Kier alpha value is -1.93. The van der Waals surface area contributed by atoms with Gasteiger partial charge in [0.05, 0.1) is 25.4 Å². The van der Waals surface area contributed by atoms with E-state index in [9.17, 15) is 40.5 Å². The van der Waals surface area contributed by atoms with E-state index in [1.807, 2.05) is 0 Å². The molecule has 1 aliphatic rings. The molecule has 70 heavy (non-hydrogen) atoms. The van der Waals surface area contributed by atoms with Gasteiger partial charge in [-0.25, -0.2) is 0 Å². The molecule has 0 aromatic heterocycles. The number of carbonyl (C=O) groups excluding carboxylic acids is 1. The zero-order valence-electron chi connectivity index (χ0n) is 44.7. The van der Waals surface area contributed by atoms with Gasteiger partial charge in [0.15, 0.2) is 6.29 Å². The molecule has 8 N–H and O–H groups in total. The molecule has 1 rings (SSSR count). The van der Waals surface area contributed by atoms with Gasteiger partial charge in [0, 0.05) is 0 Å². The summed E-state index contributed by atoms with van der Waals surface area (Å²) >= 11 is 0. The first-order valence-corrected chi connectivity index (χ1v) is 29.0. The summed E-state index contributed by atoms with van der Waals surface area (Å²) in [4.78, 5) is 13.2. The molecule has 1 saturated heterocycles. The quantitative estimate of drug-likeness (QED) is 0.0215. The summed E-state index contributed by atoms with van der Waals surface area (Å²) in [6, 6.07) is -1.19. The summed E-state index contributed by atoms with van der Waals surface area (Å²) in [6.45, 7) is 3.44. The molecule has 0 radical (unpaired) electrons. The highest BCUT2D eigenvalue weighted by Crippen LogP contribution is 2.23. The zero-order valence-corrected chi connectivity index (χ0v) is 44.7. The van der Waals surface area contributed by atoms with Crippen LogP contribution in [0, 0.1) is 0 Å². The van der Waals surface area contributed by atoms with Crippen LogP contribution in [0.15, 0.2) is 48.6 Å². The van der Waals surface area contributed by atoms with E-state index in [0.29, 0.717) is 19.3 Å². The topological polar surface area (TPSA) is 189 Å². The Morgan fingerprint density at radius 3 is 1.36 bits per heavy atom. The molecule has 1 fully saturated rings. The molecule has 0 bridgehead atoms. The second kappa shape index (κ2) is 48.0. The van der Waals surface area contributed by atoms with E-state index < -0.39 is 74.2 Å². The van der Waals surface area contributed by atoms with Crippen LogP contribution in [0.25, 0.3) is 0 Å². The van der Waals surface area contributed by atoms with E-state index in [2.05, 4.69) is 67.8 Å². The molecule has 9 unspecified atom stereocenters. The lowest BCUT2D eigenvalue weighted by molar-refractivity contribution is -0.303. The number of unbranched alkanes of at least 4 members (excludes halogenated alkanes) is 29. The maximum atomic E-state index is 13.2. The van der Waals surface area contributed by atoms with Crippen molar-refractivity contribution >= 4 is 5.91 Å². The second-order valence-corrected chi connectivity index (χ2v) is 20.3. The van der Waals surface area contributed by atoms with Gasteiger partial charge in [-0.1, -0.05) is 217 Å². The van der Waals surface area contributed by atoms with Gasteiger partial charge in [0.25, 0.3) is 0 Å². The number of hydrogen-bond donors (Lipinski definition) is 8. The minimum absolute atomic E-state index is 0.244. The SMILES string of the molecule is CCCCCCCCCC/C=C/CC/C=C/CCCC(O)C(O)C(COC1OC(CO)C(O)C(O)C1O)NC(=O)C(O)CCCCCCCCCCCC/C=C\C/C=C\CCCCCCCCCCC. The number of allylic oxidation sites excluding steroid dienone is 8. The van der Waals surface area contributed by atoms with Crippen LogP contribution in [-0.4, -0.2) is 110 Å². The van der Waals surface area contributed by atoms with Crippen molar-refractivity contribution in [2.45, 2.75) is 306 Å². The minimum atomic E-state index is -1.67. The van der Waals surface area contributed by atoms with Crippen molar-refractivity contribution in [3.05, 3.63) is 48.6 Å². The highest BCUT2D eigenvalue weighted by Gasteiger charge is 2.44. The summed E-state index contributed by atoms with van der Waals surface area (Å²) < 4.78 is 11.1. The van der Waals surface area contributed by atoms with Crippen molar-refractivity contribution in [1.29, 1.82) is 0 Å². The predicted molar refractivity (Wildman–Crippen MR) is 288 cm³/mol. The number of rotatable bonds is 49. The predicted octanol–water partition coefficient (Wildman–Crippen LogP) is 12.1. The summed E-state index contributed by atoms with van der Waals surface area (Å²) in [7, 11) is 0. The molecule has 1 amide bonds. The molecule has 0 spiro atoms. The number of hydrogen-bond acceptors (Lipinski definition) is 10. The zero-order chi connectivity index (χ0) is 51.1. The first kappa shape index (κ1) is 66.1. The molecule has 0 aromatic rings. The van der Waals surface area contributed by atoms with Crippen LogP contribution in [0.3, 0.4) is 0 Å². The van der Waals surface area contributed by atoms with E-state index in [1.54, 1.807) is 0 Å². The van der Waals surface area contributed by atoms with Gasteiger partial charge in [-0.3, -0.25) is 4.79 Å². The van der Waals surface area contributed by atoms with Crippen LogP contribution in [0.4, 0.5) is 0 Å². The van der Waals surface area contributed by atoms with E-state index in [0.717, 1.165) is 51.4 Å². The normalized spacial score (nSPS) is 20.6. The molecule has 1 aliphatic heterocycles. The van der Waals surface area contributed by atoms with Crippen LogP contribution >= 0.6 is 0 Å². The number of nitrogens with one attached hydrogen (secondary N) is 1. The fourth-order valence-corrected chi connectivity index (χ4v) is 9.08. The molecule has 0 saturated carbocycles. The van der Waals surface area contributed by atoms with Crippen LogP contribution in [0.1, 0.15) is 251 Å². The summed E-state index contributed by atoms with van der Waals surface area (Å²) in [6.07, 6.45) is 48.8. The van der Waals surface area contributed by atoms with Crippen molar-refractivity contribution in [2.75, 3.05) is 13.2 Å². The molecule has 11 nitrogen and oxygen atoms in total. The Morgan fingerprint density at radius 1 is 0.500 bits per heavy atom. The fourth-order valence-electron chi connectivity index (χ4n) is 9.08. The van der Waals surface area contributed by atoms with Crippen molar-refractivity contribution in [2.24, 2.45) is 0 Å². The number of carbonyl (C=O) groups is 1. The lowest BCUT2D eigenvalue weighted by Crippen LogP contribution is -2.60. The average molecular weight is 993 g/mol. The molecule has 11 heteroatoms. The van der Waals surface area contributed by atoms with Gasteiger partial charge in [-0.15, -0.1) is 0 Å². The molecule has 410 valence electrons. The fraction of sp³-hybridized carbons (Fsp3) is 0.847. The molecule has 1 heterocycles. The number of ether oxygens (including phenoxy) is 2. The Morgan fingerprint density at radius 2 is 0.900 bits per heavy atom. The Labute approximate surface area is 428 Å². The first-order chi connectivity index (χ1) is 34.2. The first-order valence-electron chi connectivity index (χ1n) is 29.0. The van der Waals surface area contributed by atoms with Gasteiger partial charge in [-0.2, -0.15) is 0 Å². The Balaban J connectivity index is 2.33. The number of amides is 1. The lowest BCUT2D eigenvalue weighted by Gasteiger charge is -2.40.